The lowest BCUT2D eigenvalue weighted by atomic mass is 9.65. The summed E-state index contributed by atoms with van der Waals surface area (Å²) in [5, 5.41) is 0.0529. The molecule has 10 heteroatoms. The van der Waals surface area contributed by atoms with Crippen LogP contribution >= 0.6 is 11.6 Å². The van der Waals surface area contributed by atoms with Crippen molar-refractivity contribution in [3.63, 3.8) is 0 Å². The third-order valence-electron chi connectivity index (χ3n) is 5.62. The van der Waals surface area contributed by atoms with Crippen molar-refractivity contribution in [2.45, 2.75) is 24.9 Å². The van der Waals surface area contributed by atoms with Crippen molar-refractivity contribution in [2.75, 3.05) is 11.4 Å². The summed E-state index contributed by atoms with van der Waals surface area (Å²) in [7, 11) is 0. The van der Waals surface area contributed by atoms with Crippen molar-refractivity contribution >= 4 is 35.1 Å². The number of pyridine rings is 1. The number of aromatic nitrogens is 1. The number of nitrogens with zero attached hydrogens (tertiary/aromatic N) is 3. The van der Waals surface area contributed by atoms with Crippen LogP contribution in [0.2, 0.25) is 5.02 Å². The van der Waals surface area contributed by atoms with E-state index in [1.165, 1.54) is 35.4 Å². The summed E-state index contributed by atoms with van der Waals surface area (Å²) in [6, 6.07) is 6.54. The van der Waals surface area contributed by atoms with E-state index in [1.807, 2.05) is 0 Å². The van der Waals surface area contributed by atoms with E-state index in [4.69, 9.17) is 17.3 Å². The minimum absolute atomic E-state index is 0.0276. The molecule has 1 aromatic heterocycles. The number of halogens is 3. The van der Waals surface area contributed by atoms with E-state index < -0.39 is 47.4 Å². The first-order valence-corrected chi connectivity index (χ1v) is 9.56. The van der Waals surface area contributed by atoms with Gasteiger partial charge in [0.25, 0.3) is 5.91 Å². The van der Waals surface area contributed by atoms with Gasteiger partial charge in [-0.1, -0.05) is 23.7 Å². The molecule has 1 aliphatic carbocycles. The van der Waals surface area contributed by atoms with Crippen molar-refractivity contribution in [3.8, 4) is 0 Å². The van der Waals surface area contributed by atoms with Crippen molar-refractivity contribution in [1.29, 1.82) is 0 Å². The smallest absolute Gasteiger partial charge is 0.254 e. The van der Waals surface area contributed by atoms with Crippen LogP contribution in [0.3, 0.4) is 0 Å². The van der Waals surface area contributed by atoms with E-state index in [2.05, 4.69) is 4.98 Å². The number of anilines is 1. The average molecular weight is 435 g/mol. The summed E-state index contributed by atoms with van der Waals surface area (Å²) in [6.07, 6.45) is 1.24. The highest BCUT2D eigenvalue weighted by Crippen LogP contribution is 2.47. The highest BCUT2D eigenvalue weighted by Gasteiger charge is 2.61. The van der Waals surface area contributed by atoms with Crippen LogP contribution in [0.5, 0.6) is 0 Å². The van der Waals surface area contributed by atoms with Gasteiger partial charge in [0.15, 0.2) is 11.6 Å². The van der Waals surface area contributed by atoms with Crippen LogP contribution in [0, 0.1) is 17.6 Å². The number of hydrogen-bond acceptors (Lipinski definition) is 4. The molecule has 7 nitrogen and oxygen atoms in total. The Morgan fingerprint density at radius 2 is 1.90 bits per heavy atom. The summed E-state index contributed by atoms with van der Waals surface area (Å²) in [6.45, 7) is -0.380. The molecular formula is C20H17ClF2N4O3. The SMILES string of the molecule is NC(=O)C1CC2(C1)C(=O)N(c1ncc(Cl)cc1F)CC(=O)N2Cc1ccc(F)cc1. The average Bonchev–Trinajstić information content (AvgIpc) is 2.65. The van der Waals surface area contributed by atoms with E-state index in [-0.39, 0.29) is 30.2 Å². The summed E-state index contributed by atoms with van der Waals surface area (Å²) < 4.78 is 27.7. The largest absolute Gasteiger partial charge is 0.369 e. The number of piperazine rings is 1. The second kappa shape index (κ2) is 7.32. The molecule has 2 fully saturated rings. The fraction of sp³-hybridized carbons (Fsp3) is 0.300. The van der Waals surface area contributed by atoms with Crippen LogP contribution in [0.15, 0.2) is 36.5 Å². The molecule has 1 saturated carbocycles. The molecule has 3 amide bonds. The third kappa shape index (κ3) is 3.28. The van der Waals surface area contributed by atoms with Gasteiger partial charge in [-0.05, 0) is 36.6 Å². The van der Waals surface area contributed by atoms with E-state index in [1.54, 1.807) is 0 Å². The first-order valence-electron chi connectivity index (χ1n) is 9.18. The van der Waals surface area contributed by atoms with Crippen LogP contribution in [0.4, 0.5) is 14.6 Å². The summed E-state index contributed by atoms with van der Waals surface area (Å²) in [5.41, 5.74) is 4.64. The molecule has 1 aromatic carbocycles. The second-order valence-corrected chi connectivity index (χ2v) is 7.93. The summed E-state index contributed by atoms with van der Waals surface area (Å²) in [5.74, 6) is -3.72. The maximum atomic E-state index is 14.4. The summed E-state index contributed by atoms with van der Waals surface area (Å²) >= 11 is 5.73. The molecule has 0 unspecified atom stereocenters. The van der Waals surface area contributed by atoms with E-state index in [9.17, 15) is 23.2 Å². The van der Waals surface area contributed by atoms with Gasteiger partial charge in [-0.3, -0.25) is 19.3 Å². The molecule has 2 aliphatic rings. The van der Waals surface area contributed by atoms with E-state index >= 15 is 0 Å². The van der Waals surface area contributed by atoms with Crippen molar-refractivity contribution in [2.24, 2.45) is 11.7 Å². The molecule has 0 atom stereocenters. The van der Waals surface area contributed by atoms with Crippen molar-refractivity contribution in [1.82, 2.24) is 9.88 Å². The Hall–Kier alpha value is -3.07. The Morgan fingerprint density at radius 1 is 1.23 bits per heavy atom. The Kier molecular flexibility index (Phi) is 4.93. The topological polar surface area (TPSA) is 96.6 Å². The maximum Gasteiger partial charge on any atom is 0.254 e. The lowest BCUT2D eigenvalue weighted by molar-refractivity contribution is -0.164. The minimum atomic E-state index is -1.35. The zero-order valence-corrected chi connectivity index (χ0v) is 16.4. The highest BCUT2D eigenvalue weighted by atomic mass is 35.5. The minimum Gasteiger partial charge on any atom is -0.369 e. The van der Waals surface area contributed by atoms with Gasteiger partial charge in [0.05, 0.1) is 5.02 Å². The molecule has 1 aliphatic heterocycles. The Morgan fingerprint density at radius 3 is 2.50 bits per heavy atom. The lowest BCUT2D eigenvalue weighted by Gasteiger charge is -2.56. The van der Waals surface area contributed by atoms with Crippen LogP contribution < -0.4 is 10.6 Å². The third-order valence-corrected chi connectivity index (χ3v) is 5.83. The fourth-order valence-corrected chi connectivity index (χ4v) is 4.18. The van der Waals surface area contributed by atoms with Gasteiger partial charge in [-0.25, -0.2) is 13.8 Å². The second-order valence-electron chi connectivity index (χ2n) is 7.50. The normalized spacial score (nSPS) is 23.6. The Labute approximate surface area is 175 Å². The molecule has 2 N–H and O–H groups in total. The van der Waals surface area contributed by atoms with Crippen LogP contribution in [-0.4, -0.2) is 39.7 Å². The quantitative estimate of drug-likeness (QED) is 0.796. The Bertz CT molecular complexity index is 1040. The zero-order chi connectivity index (χ0) is 21.6. The van der Waals surface area contributed by atoms with E-state index in [0.29, 0.717) is 5.56 Å². The van der Waals surface area contributed by atoms with Gasteiger partial charge >= 0.3 is 0 Å². The fourth-order valence-electron chi connectivity index (χ4n) is 4.04. The number of carbonyl (C=O) groups excluding carboxylic acids is 3. The first-order chi connectivity index (χ1) is 14.2. The van der Waals surface area contributed by atoms with Crippen LogP contribution in [-0.2, 0) is 20.9 Å². The molecule has 0 bridgehead atoms. The molecular weight excluding hydrogens is 418 g/mol. The molecule has 4 rings (SSSR count). The number of rotatable bonds is 4. The standard InChI is InChI=1S/C20H17ClF2N4O3/c21-13-5-15(23)18(25-8-13)26-10-16(28)27(9-11-1-3-14(22)4-2-11)20(19(26)30)6-12(7-20)17(24)29/h1-5,8,12H,6-7,9-10H2,(H2,24,29). The number of hydrogen-bond donors (Lipinski definition) is 1. The highest BCUT2D eigenvalue weighted by molar-refractivity contribution is 6.30. The predicted molar refractivity (Wildman–Crippen MR) is 103 cm³/mol. The van der Waals surface area contributed by atoms with Gasteiger partial charge in [0.1, 0.15) is 17.9 Å². The molecule has 0 radical (unpaired) electrons. The van der Waals surface area contributed by atoms with Gasteiger partial charge in [0.2, 0.25) is 11.8 Å². The first kappa shape index (κ1) is 20.2. The molecule has 1 saturated heterocycles. The monoisotopic (exact) mass is 434 g/mol. The van der Waals surface area contributed by atoms with Crippen LogP contribution in [0.25, 0.3) is 0 Å². The number of primary amides is 1. The number of benzene rings is 1. The van der Waals surface area contributed by atoms with E-state index in [0.717, 1.165) is 11.0 Å². The number of nitrogens with two attached hydrogens (primary N) is 1. The molecule has 30 heavy (non-hydrogen) atoms. The zero-order valence-electron chi connectivity index (χ0n) is 15.6. The van der Waals surface area contributed by atoms with Gasteiger partial charge in [-0.15, -0.1) is 0 Å². The predicted octanol–water partition coefficient (Wildman–Crippen LogP) is 2.02. The molecule has 156 valence electrons. The van der Waals surface area contributed by atoms with Crippen molar-refractivity contribution < 1.29 is 23.2 Å². The van der Waals surface area contributed by atoms with Gasteiger partial charge in [-0.2, -0.15) is 0 Å². The number of amides is 3. The van der Waals surface area contributed by atoms with Gasteiger partial charge < -0.3 is 10.6 Å². The summed E-state index contributed by atoms with van der Waals surface area (Å²) in [4.78, 5) is 44.3. The maximum absolute atomic E-state index is 14.4. The van der Waals surface area contributed by atoms with Crippen molar-refractivity contribution in [3.05, 3.63) is 58.7 Å². The lowest BCUT2D eigenvalue weighted by Crippen LogP contribution is -2.73. The molecule has 1 spiro atoms. The van der Waals surface area contributed by atoms with Gasteiger partial charge in [0, 0.05) is 18.7 Å². The molecule has 2 aromatic rings. The molecule has 2 heterocycles. The number of carbonyl (C=O) groups is 3. The Balaban J connectivity index is 1.70. The van der Waals surface area contributed by atoms with Crippen LogP contribution in [0.1, 0.15) is 18.4 Å².